The fourth-order valence-electron chi connectivity index (χ4n) is 1.67. The van der Waals surface area contributed by atoms with Crippen LogP contribution in [0.2, 0.25) is 0 Å². The second-order valence-corrected chi connectivity index (χ2v) is 4.83. The number of carbonyl (C=O) groups excluding carboxylic acids is 1. The third-order valence-electron chi connectivity index (χ3n) is 2.74. The normalized spacial score (nSPS) is 10.3. The van der Waals surface area contributed by atoms with Crippen LogP contribution in [0.5, 0.6) is 0 Å². The number of benzene rings is 2. The highest BCUT2D eigenvalue weighted by molar-refractivity contribution is 9.08. The van der Waals surface area contributed by atoms with Gasteiger partial charge in [0.1, 0.15) is 5.82 Å². The first-order chi connectivity index (χ1) is 9.10. The number of aryl methyl sites for hydroxylation is 1. The molecule has 0 atom stereocenters. The van der Waals surface area contributed by atoms with Crippen molar-refractivity contribution in [3.8, 4) is 0 Å². The summed E-state index contributed by atoms with van der Waals surface area (Å²) in [5.41, 5.74) is 2.68. The summed E-state index contributed by atoms with van der Waals surface area (Å²) in [5, 5.41) is 3.32. The van der Waals surface area contributed by atoms with Crippen molar-refractivity contribution in [1.82, 2.24) is 0 Å². The number of alkyl halides is 1. The van der Waals surface area contributed by atoms with Gasteiger partial charge in [-0.15, -0.1) is 0 Å². The molecular weight excluding hydrogens is 309 g/mol. The lowest BCUT2D eigenvalue weighted by atomic mass is 10.1. The molecule has 98 valence electrons. The van der Waals surface area contributed by atoms with E-state index >= 15 is 0 Å². The van der Waals surface area contributed by atoms with Crippen LogP contribution in [-0.4, -0.2) is 5.91 Å². The van der Waals surface area contributed by atoms with Crippen LogP contribution in [0.4, 0.5) is 10.1 Å². The first-order valence-corrected chi connectivity index (χ1v) is 6.94. The molecule has 2 aromatic carbocycles. The molecule has 1 amide bonds. The number of hydrogen-bond acceptors (Lipinski definition) is 1. The van der Waals surface area contributed by atoms with E-state index in [4.69, 9.17) is 0 Å². The summed E-state index contributed by atoms with van der Waals surface area (Å²) in [6, 6.07) is 11.8. The number of nitrogens with one attached hydrogen (secondary N) is 1. The summed E-state index contributed by atoms with van der Waals surface area (Å²) in [6.07, 6.45) is 0. The minimum Gasteiger partial charge on any atom is -0.319 e. The molecule has 2 rings (SSSR count). The first kappa shape index (κ1) is 13.7. The standard InChI is InChI=1S/C15H13BrFNO/c1-10-2-7-13(17)14(8-10)18-15(19)12-5-3-11(9-16)4-6-12/h2-8H,9H2,1H3,(H,18,19). The SMILES string of the molecule is Cc1ccc(F)c(NC(=O)c2ccc(CBr)cc2)c1. The maximum atomic E-state index is 13.5. The average molecular weight is 322 g/mol. The van der Waals surface area contributed by atoms with Crippen molar-refractivity contribution < 1.29 is 9.18 Å². The van der Waals surface area contributed by atoms with Gasteiger partial charge in [0.15, 0.2) is 0 Å². The second-order valence-electron chi connectivity index (χ2n) is 4.27. The van der Waals surface area contributed by atoms with Crippen molar-refractivity contribution in [2.24, 2.45) is 0 Å². The monoisotopic (exact) mass is 321 g/mol. The Morgan fingerprint density at radius 2 is 1.89 bits per heavy atom. The third-order valence-corrected chi connectivity index (χ3v) is 3.39. The quantitative estimate of drug-likeness (QED) is 0.840. The predicted molar refractivity (Wildman–Crippen MR) is 78.2 cm³/mol. The molecule has 4 heteroatoms. The number of carbonyl (C=O) groups is 1. The van der Waals surface area contributed by atoms with Gasteiger partial charge in [0.2, 0.25) is 0 Å². The maximum Gasteiger partial charge on any atom is 0.255 e. The zero-order valence-corrected chi connectivity index (χ0v) is 12.0. The minimum atomic E-state index is -0.434. The number of anilines is 1. The molecule has 19 heavy (non-hydrogen) atoms. The average Bonchev–Trinajstić information content (AvgIpc) is 2.43. The Bertz CT molecular complexity index is 596. The van der Waals surface area contributed by atoms with Crippen LogP contribution >= 0.6 is 15.9 Å². The molecule has 0 aliphatic carbocycles. The van der Waals surface area contributed by atoms with E-state index in [1.165, 1.54) is 6.07 Å². The van der Waals surface area contributed by atoms with E-state index in [9.17, 15) is 9.18 Å². The summed E-state index contributed by atoms with van der Waals surface area (Å²) in [4.78, 5) is 12.0. The third kappa shape index (κ3) is 3.41. The molecule has 1 N–H and O–H groups in total. The minimum absolute atomic E-state index is 0.203. The predicted octanol–water partition coefficient (Wildman–Crippen LogP) is 4.28. The van der Waals surface area contributed by atoms with Crippen LogP contribution in [0.3, 0.4) is 0 Å². The van der Waals surface area contributed by atoms with Gasteiger partial charge in [-0.05, 0) is 42.3 Å². The highest BCUT2D eigenvalue weighted by atomic mass is 79.9. The number of halogens is 2. The van der Waals surface area contributed by atoms with E-state index in [0.29, 0.717) is 5.56 Å². The lowest BCUT2D eigenvalue weighted by Crippen LogP contribution is -2.13. The van der Waals surface area contributed by atoms with Crippen molar-refractivity contribution in [3.63, 3.8) is 0 Å². The van der Waals surface area contributed by atoms with Gasteiger partial charge in [0.05, 0.1) is 5.69 Å². The van der Waals surface area contributed by atoms with Gasteiger partial charge in [0.25, 0.3) is 5.91 Å². The van der Waals surface area contributed by atoms with E-state index in [0.717, 1.165) is 16.5 Å². The molecule has 0 spiro atoms. The van der Waals surface area contributed by atoms with Crippen molar-refractivity contribution >= 4 is 27.5 Å². The molecule has 0 heterocycles. The molecule has 2 nitrogen and oxygen atoms in total. The molecule has 0 aromatic heterocycles. The lowest BCUT2D eigenvalue weighted by molar-refractivity contribution is 0.102. The van der Waals surface area contributed by atoms with Crippen LogP contribution in [-0.2, 0) is 5.33 Å². The molecule has 0 bridgehead atoms. The van der Waals surface area contributed by atoms with Crippen LogP contribution in [0, 0.1) is 12.7 Å². The summed E-state index contributed by atoms with van der Waals surface area (Å²) < 4.78 is 13.5. The molecule has 0 saturated carbocycles. The summed E-state index contributed by atoms with van der Waals surface area (Å²) in [5.74, 6) is -0.748. The van der Waals surface area contributed by atoms with E-state index in [2.05, 4.69) is 21.2 Å². The Balaban J connectivity index is 2.18. The van der Waals surface area contributed by atoms with Crippen molar-refractivity contribution in [1.29, 1.82) is 0 Å². The maximum absolute atomic E-state index is 13.5. The van der Waals surface area contributed by atoms with Gasteiger partial charge in [0, 0.05) is 10.9 Å². The van der Waals surface area contributed by atoms with E-state index in [1.54, 1.807) is 24.3 Å². The Kier molecular flexibility index (Phi) is 4.32. The molecule has 0 radical (unpaired) electrons. The van der Waals surface area contributed by atoms with Crippen molar-refractivity contribution in [2.45, 2.75) is 12.3 Å². The highest BCUT2D eigenvalue weighted by Crippen LogP contribution is 2.17. The number of rotatable bonds is 3. The fourth-order valence-corrected chi connectivity index (χ4v) is 2.05. The highest BCUT2D eigenvalue weighted by Gasteiger charge is 2.09. The Labute approximate surface area is 119 Å². The van der Waals surface area contributed by atoms with Gasteiger partial charge in [-0.25, -0.2) is 4.39 Å². The Hall–Kier alpha value is -1.68. The fraction of sp³-hybridized carbons (Fsp3) is 0.133. The summed E-state index contributed by atoms with van der Waals surface area (Å²) in [7, 11) is 0. The van der Waals surface area contributed by atoms with Gasteiger partial charge < -0.3 is 5.32 Å². The summed E-state index contributed by atoms with van der Waals surface area (Å²) >= 11 is 3.34. The molecule has 0 unspecified atom stereocenters. The molecule has 2 aromatic rings. The smallest absolute Gasteiger partial charge is 0.255 e. The molecular formula is C15H13BrFNO. The lowest BCUT2D eigenvalue weighted by Gasteiger charge is -2.07. The summed E-state index contributed by atoms with van der Waals surface area (Å²) in [6.45, 7) is 1.85. The van der Waals surface area contributed by atoms with Crippen LogP contribution in [0.1, 0.15) is 21.5 Å². The van der Waals surface area contributed by atoms with Gasteiger partial charge in [-0.3, -0.25) is 4.79 Å². The van der Waals surface area contributed by atoms with E-state index < -0.39 is 5.82 Å². The van der Waals surface area contributed by atoms with Gasteiger partial charge in [-0.2, -0.15) is 0 Å². The van der Waals surface area contributed by atoms with Crippen LogP contribution in [0.25, 0.3) is 0 Å². The molecule has 0 fully saturated rings. The Morgan fingerprint density at radius 1 is 1.21 bits per heavy atom. The topological polar surface area (TPSA) is 29.1 Å². The zero-order valence-electron chi connectivity index (χ0n) is 10.4. The molecule has 0 aliphatic rings. The number of amides is 1. The van der Waals surface area contributed by atoms with Gasteiger partial charge >= 0.3 is 0 Å². The van der Waals surface area contributed by atoms with Crippen LogP contribution in [0.15, 0.2) is 42.5 Å². The van der Waals surface area contributed by atoms with Crippen molar-refractivity contribution in [2.75, 3.05) is 5.32 Å². The Morgan fingerprint density at radius 3 is 2.53 bits per heavy atom. The van der Waals surface area contributed by atoms with E-state index in [1.807, 2.05) is 19.1 Å². The molecule has 0 saturated heterocycles. The first-order valence-electron chi connectivity index (χ1n) is 5.82. The number of hydrogen-bond donors (Lipinski definition) is 1. The second kappa shape index (κ2) is 5.97. The largest absolute Gasteiger partial charge is 0.319 e. The molecule has 0 aliphatic heterocycles. The van der Waals surface area contributed by atoms with Crippen molar-refractivity contribution in [3.05, 3.63) is 65.0 Å². The zero-order chi connectivity index (χ0) is 13.8. The van der Waals surface area contributed by atoms with Gasteiger partial charge in [-0.1, -0.05) is 34.1 Å². The van der Waals surface area contributed by atoms with Crippen LogP contribution < -0.4 is 5.32 Å². The van der Waals surface area contributed by atoms with E-state index in [-0.39, 0.29) is 11.6 Å².